The van der Waals surface area contributed by atoms with Gasteiger partial charge in [-0.25, -0.2) is 9.97 Å². The fourth-order valence-corrected chi connectivity index (χ4v) is 3.61. The molecule has 0 spiro atoms. The van der Waals surface area contributed by atoms with Crippen molar-refractivity contribution in [2.45, 2.75) is 31.8 Å². The van der Waals surface area contributed by atoms with Crippen LogP contribution in [0.15, 0.2) is 29.5 Å². The number of methoxy groups -OCH3 is 1. The molecule has 9 heteroatoms. The highest BCUT2D eigenvalue weighted by Crippen LogP contribution is 2.43. The first-order valence-corrected chi connectivity index (χ1v) is 8.59. The van der Waals surface area contributed by atoms with Crippen LogP contribution in [0.25, 0.3) is 10.9 Å². The molecule has 1 aromatic carbocycles. The molecule has 0 radical (unpaired) electrons. The number of aromatic amines is 1. The molecule has 5 rings (SSSR count). The number of H-pyrrole nitrogens is 1. The maximum absolute atomic E-state index is 12.8. The summed E-state index contributed by atoms with van der Waals surface area (Å²) < 4.78 is 7.55. The highest BCUT2D eigenvalue weighted by atomic mass is 35.5. The van der Waals surface area contributed by atoms with Gasteiger partial charge in [0, 0.05) is 25.4 Å². The minimum atomic E-state index is -0.0661. The van der Waals surface area contributed by atoms with Crippen molar-refractivity contribution in [2.24, 2.45) is 0 Å². The third-order valence-corrected chi connectivity index (χ3v) is 5.11. The molecule has 1 aliphatic carbocycles. The average molecular weight is 410 g/mol. The molecule has 2 aliphatic rings. The van der Waals surface area contributed by atoms with E-state index in [4.69, 9.17) is 9.72 Å². The maximum Gasteiger partial charge on any atom is 0.260 e. The van der Waals surface area contributed by atoms with Crippen LogP contribution >= 0.6 is 24.8 Å². The van der Waals surface area contributed by atoms with E-state index in [-0.39, 0.29) is 30.4 Å². The Kier molecular flexibility index (Phi) is 5.35. The van der Waals surface area contributed by atoms with Gasteiger partial charge in [0.2, 0.25) is 5.95 Å². The fraction of sp³-hybridized carbons (Fsp3) is 0.389. The summed E-state index contributed by atoms with van der Waals surface area (Å²) in [7, 11) is 1.65. The summed E-state index contributed by atoms with van der Waals surface area (Å²) in [5.74, 6) is 1.82. The maximum atomic E-state index is 12.8. The van der Waals surface area contributed by atoms with Gasteiger partial charge in [-0.1, -0.05) is 0 Å². The number of hydrogen-bond acceptors (Lipinski definition) is 5. The quantitative estimate of drug-likeness (QED) is 0.719. The van der Waals surface area contributed by atoms with E-state index in [1.54, 1.807) is 7.11 Å². The SMILES string of the molecule is COc1cc(C2CC2)c2c(=O)[nH]c(N3CCn4cncc4C3)nc2c1.Cl.Cl. The lowest BCUT2D eigenvalue weighted by Crippen LogP contribution is -2.35. The van der Waals surface area contributed by atoms with Crippen LogP contribution in [0.3, 0.4) is 0 Å². The Bertz CT molecular complexity index is 1030. The van der Waals surface area contributed by atoms with E-state index >= 15 is 0 Å². The molecule has 1 N–H and O–H groups in total. The van der Waals surface area contributed by atoms with Gasteiger partial charge in [0.25, 0.3) is 5.56 Å². The van der Waals surface area contributed by atoms with E-state index in [2.05, 4.69) is 19.4 Å². The molecule has 27 heavy (non-hydrogen) atoms. The van der Waals surface area contributed by atoms with Gasteiger partial charge in [-0.3, -0.25) is 9.78 Å². The second kappa shape index (κ2) is 7.40. The molecule has 1 fully saturated rings. The second-order valence-corrected chi connectivity index (χ2v) is 6.77. The number of nitrogens with zero attached hydrogens (tertiary/aromatic N) is 4. The monoisotopic (exact) mass is 409 g/mol. The van der Waals surface area contributed by atoms with E-state index in [9.17, 15) is 4.79 Å². The third-order valence-electron chi connectivity index (χ3n) is 5.11. The van der Waals surface area contributed by atoms with Crippen molar-refractivity contribution in [2.75, 3.05) is 18.6 Å². The van der Waals surface area contributed by atoms with Gasteiger partial charge >= 0.3 is 0 Å². The number of imidazole rings is 1. The fourth-order valence-electron chi connectivity index (χ4n) is 3.61. The summed E-state index contributed by atoms with van der Waals surface area (Å²) in [6.07, 6.45) is 5.95. The van der Waals surface area contributed by atoms with Crippen LogP contribution in [-0.4, -0.2) is 33.2 Å². The van der Waals surface area contributed by atoms with Crippen molar-refractivity contribution in [3.8, 4) is 5.75 Å². The number of nitrogens with one attached hydrogen (secondary N) is 1. The van der Waals surface area contributed by atoms with Crippen LogP contribution in [0.2, 0.25) is 0 Å². The van der Waals surface area contributed by atoms with Crippen LogP contribution < -0.4 is 15.2 Å². The van der Waals surface area contributed by atoms with E-state index < -0.39 is 0 Å². The van der Waals surface area contributed by atoms with Gasteiger partial charge in [0.05, 0.1) is 36.6 Å². The van der Waals surface area contributed by atoms with Crippen molar-refractivity contribution in [3.63, 3.8) is 0 Å². The third kappa shape index (κ3) is 3.37. The Morgan fingerprint density at radius 3 is 2.78 bits per heavy atom. The molecule has 0 unspecified atom stereocenters. The summed E-state index contributed by atoms with van der Waals surface area (Å²) >= 11 is 0. The molecular weight excluding hydrogens is 389 g/mol. The highest BCUT2D eigenvalue weighted by molar-refractivity contribution is 5.86. The molecule has 3 aromatic rings. The minimum Gasteiger partial charge on any atom is -0.497 e. The molecule has 1 saturated carbocycles. The molecule has 3 heterocycles. The lowest BCUT2D eigenvalue weighted by molar-refractivity contribution is 0.415. The van der Waals surface area contributed by atoms with Gasteiger partial charge < -0.3 is 14.2 Å². The Balaban J connectivity index is 0.00000105. The number of ether oxygens (including phenoxy) is 1. The van der Waals surface area contributed by atoms with Crippen LogP contribution in [0.1, 0.15) is 30.0 Å². The molecule has 0 saturated heterocycles. The van der Waals surface area contributed by atoms with Gasteiger partial charge in [0.15, 0.2) is 0 Å². The molecule has 0 bridgehead atoms. The van der Waals surface area contributed by atoms with Gasteiger partial charge in [-0.05, 0) is 30.4 Å². The largest absolute Gasteiger partial charge is 0.497 e. The highest BCUT2D eigenvalue weighted by Gasteiger charge is 2.28. The number of anilines is 1. The van der Waals surface area contributed by atoms with Gasteiger partial charge in [0.1, 0.15) is 5.75 Å². The van der Waals surface area contributed by atoms with Crippen LogP contribution in [0.5, 0.6) is 5.75 Å². The van der Waals surface area contributed by atoms with Crippen LogP contribution in [0, 0.1) is 0 Å². The van der Waals surface area contributed by atoms with Gasteiger partial charge in [-0.15, -0.1) is 24.8 Å². The normalized spacial score (nSPS) is 15.7. The topological polar surface area (TPSA) is 76.0 Å². The number of hydrogen-bond donors (Lipinski definition) is 1. The predicted molar refractivity (Wildman–Crippen MR) is 109 cm³/mol. The second-order valence-electron chi connectivity index (χ2n) is 6.77. The van der Waals surface area contributed by atoms with Crippen molar-refractivity contribution < 1.29 is 4.74 Å². The molecule has 144 valence electrons. The van der Waals surface area contributed by atoms with E-state index in [0.717, 1.165) is 42.9 Å². The standard InChI is InChI=1S/C18H19N5O2.2ClH/c1-25-13-6-14(11-2-3-11)16-15(7-13)20-18(21-17(16)24)22-4-5-23-10-19-8-12(23)9-22;;/h6-8,10-11H,2-5,9H2,1H3,(H,20,21,24);2*1H. The summed E-state index contributed by atoms with van der Waals surface area (Å²) in [6, 6.07) is 3.84. The zero-order chi connectivity index (χ0) is 17.0. The number of benzene rings is 1. The zero-order valence-corrected chi connectivity index (χ0v) is 16.5. The Morgan fingerprint density at radius 1 is 1.22 bits per heavy atom. The Labute approximate surface area is 168 Å². The molecule has 1 aliphatic heterocycles. The van der Waals surface area contributed by atoms with Gasteiger partial charge in [-0.2, -0.15) is 0 Å². The number of halogens is 2. The lowest BCUT2D eigenvalue weighted by Gasteiger charge is -2.28. The van der Waals surface area contributed by atoms with E-state index in [1.165, 1.54) is 0 Å². The summed E-state index contributed by atoms with van der Waals surface area (Å²) in [5.41, 5.74) is 2.83. The van der Waals surface area contributed by atoms with Crippen molar-refractivity contribution in [1.82, 2.24) is 19.5 Å². The number of fused-ring (bicyclic) bond motifs is 2. The molecule has 0 atom stereocenters. The molecular formula is C18H21Cl2N5O2. The zero-order valence-electron chi connectivity index (χ0n) is 14.8. The Hall–Kier alpha value is -2.25. The van der Waals surface area contributed by atoms with Crippen molar-refractivity contribution in [1.29, 1.82) is 0 Å². The summed E-state index contributed by atoms with van der Waals surface area (Å²) in [6.45, 7) is 2.31. The Morgan fingerprint density at radius 2 is 2.04 bits per heavy atom. The smallest absolute Gasteiger partial charge is 0.260 e. The average Bonchev–Trinajstić information content (AvgIpc) is 3.37. The first-order chi connectivity index (χ1) is 12.2. The molecule has 0 amide bonds. The van der Waals surface area contributed by atoms with E-state index in [0.29, 0.717) is 29.3 Å². The summed E-state index contributed by atoms with van der Waals surface area (Å²) in [4.78, 5) is 26.8. The molecule has 2 aromatic heterocycles. The first kappa shape index (κ1) is 19.5. The number of rotatable bonds is 3. The summed E-state index contributed by atoms with van der Waals surface area (Å²) in [5, 5.41) is 0.703. The lowest BCUT2D eigenvalue weighted by atomic mass is 10.0. The predicted octanol–water partition coefficient (Wildman–Crippen LogP) is 2.87. The minimum absolute atomic E-state index is 0. The van der Waals surface area contributed by atoms with Crippen LogP contribution in [-0.2, 0) is 13.1 Å². The van der Waals surface area contributed by atoms with Crippen LogP contribution in [0.4, 0.5) is 5.95 Å². The number of aromatic nitrogens is 4. The van der Waals surface area contributed by atoms with Crippen molar-refractivity contribution in [3.05, 3.63) is 46.3 Å². The van der Waals surface area contributed by atoms with Crippen molar-refractivity contribution >= 4 is 41.7 Å². The van der Waals surface area contributed by atoms with E-state index in [1.807, 2.05) is 24.7 Å². The molecule has 7 nitrogen and oxygen atoms in total. The first-order valence-electron chi connectivity index (χ1n) is 8.59.